The first-order valence-corrected chi connectivity index (χ1v) is 8.37. The zero-order chi connectivity index (χ0) is 14.0. The summed E-state index contributed by atoms with van der Waals surface area (Å²) in [6.07, 6.45) is 0. The first kappa shape index (κ1) is 15.6. The predicted molar refractivity (Wildman–Crippen MR) is 75.0 cm³/mol. The maximum absolute atomic E-state index is 11.1. The molecule has 1 rings (SSSR count). The third-order valence-electron chi connectivity index (χ3n) is 2.31. The lowest BCUT2D eigenvalue weighted by Crippen LogP contribution is -2.18. The van der Waals surface area contributed by atoms with Gasteiger partial charge in [-0.2, -0.15) is 0 Å². The van der Waals surface area contributed by atoms with Gasteiger partial charge in [-0.15, -0.1) is 11.3 Å². The molecule has 18 heavy (non-hydrogen) atoms. The first-order valence-electron chi connectivity index (χ1n) is 5.83. The highest BCUT2D eigenvalue weighted by atomic mass is 32.2. The number of nitrogens with zero attached hydrogens (tertiary/aromatic N) is 1. The zero-order valence-corrected chi connectivity index (χ0v) is 12.9. The molecule has 0 fully saturated rings. The van der Waals surface area contributed by atoms with E-state index >= 15 is 0 Å². The van der Waals surface area contributed by atoms with Crippen LogP contribution >= 0.6 is 11.3 Å². The minimum atomic E-state index is -3.52. The van der Waals surface area contributed by atoms with E-state index in [1.807, 2.05) is 6.92 Å². The second-order valence-electron chi connectivity index (χ2n) is 5.22. The Bertz CT molecular complexity index is 501. The number of hydrogen-bond donors (Lipinski definition) is 2. The summed E-state index contributed by atoms with van der Waals surface area (Å²) in [4.78, 5) is 5.53. The van der Waals surface area contributed by atoms with E-state index in [9.17, 15) is 8.42 Å². The van der Waals surface area contributed by atoms with E-state index in [0.717, 1.165) is 17.1 Å². The molecule has 3 N–H and O–H groups in total. The van der Waals surface area contributed by atoms with Gasteiger partial charge >= 0.3 is 0 Å². The van der Waals surface area contributed by atoms with E-state index in [1.54, 1.807) is 0 Å². The van der Waals surface area contributed by atoms with Gasteiger partial charge in [0.05, 0.1) is 5.69 Å². The Morgan fingerprint density at radius 2 is 2.00 bits per heavy atom. The maximum atomic E-state index is 11.1. The van der Waals surface area contributed by atoms with Crippen LogP contribution in [0.3, 0.4) is 0 Å². The van der Waals surface area contributed by atoms with Crippen molar-refractivity contribution in [3.8, 4) is 0 Å². The summed E-state index contributed by atoms with van der Waals surface area (Å²) in [5.41, 5.74) is 0.852. The van der Waals surface area contributed by atoms with Gasteiger partial charge in [0.25, 0.3) is 0 Å². The van der Waals surface area contributed by atoms with Crippen molar-refractivity contribution in [2.24, 2.45) is 5.14 Å². The number of rotatable bonds is 5. The van der Waals surface area contributed by atoms with Crippen molar-refractivity contribution < 1.29 is 8.42 Å². The Morgan fingerprint density at radius 1 is 1.39 bits per heavy atom. The summed E-state index contributed by atoms with van der Waals surface area (Å²) < 4.78 is 22.2. The molecule has 0 atom stereocenters. The van der Waals surface area contributed by atoms with Crippen LogP contribution in [0, 0.1) is 0 Å². The lowest BCUT2D eigenvalue weighted by molar-refractivity contribution is 0.559. The molecule has 1 aromatic rings. The molecule has 0 saturated heterocycles. The molecule has 0 bridgehead atoms. The molecule has 104 valence electrons. The molecule has 5 nitrogen and oxygen atoms in total. The quantitative estimate of drug-likeness (QED) is 0.857. The second kappa shape index (κ2) is 5.64. The molecular weight excluding hydrogens is 270 g/mol. The number of nitrogens with one attached hydrogen (secondary N) is 1. The largest absolute Gasteiger partial charge is 0.312 e. The van der Waals surface area contributed by atoms with Gasteiger partial charge in [-0.1, -0.05) is 27.7 Å². The van der Waals surface area contributed by atoms with Gasteiger partial charge < -0.3 is 5.32 Å². The van der Waals surface area contributed by atoms with Crippen LogP contribution in [0.15, 0.2) is 0 Å². The average Bonchev–Trinajstić information content (AvgIpc) is 2.54. The molecule has 7 heteroatoms. The van der Waals surface area contributed by atoms with Gasteiger partial charge in [0.15, 0.2) is 0 Å². The SMILES string of the molecule is CCNCc1sc(CS(N)(=O)=O)nc1C(C)(C)C. The minimum Gasteiger partial charge on any atom is -0.312 e. The van der Waals surface area contributed by atoms with Crippen LogP contribution in [0.1, 0.15) is 43.3 Å². The molecule has 1 aromatic heterocycles. The highest BCUT2D eigenvalue weighted by Crippen LogP contribution is 2.30. The fourth-order valence-corrected chi connectivity index (χ4v) is 3.76. The Labute approximate surface area is 113 Å². The van der Waals surface area contributed by atoms with Gasteiger partial charge in [0, 0.05) is 16.8 Å². The van der Waals surface area contributed by atoms with Crippen LogP contribution in [0.2, 0.25) is 0 Å². The van der Waals surface area contributed by atoms with Gasteiger partial charge in [-0.3, -0.25) is 0 Å². The number of primary sulfonamides is 1. The highest BCUT2D eigenvalue weighted by molar-refractivity contribution is 7.88. The molecule has 0 amide bonds. The standard InChI is InChI=1S/C11H21N3O2S2/c1-5-13-6-8-10(11(2,3)4)14-9(17-8)7-18(12,15)16/h13H,5-7H2,1-4H3,(H2,12,15,16). The minimum absolute atomic E-state index is 0.0993. The van der Waals surface area contributed by atoms with E-state index in [0.29, 0.717) is 11.6 Å². The summed E-state index contributed by atoms with van der Waals surface area (Å²) in [5, 5.41) is 8.87. The molecule has 0 aliphatic carbocycles. The Kier molecular flexibility index (Phi) is 4.88. The Hall–Kier alpha value is -0.500. The van der Waals surface area contributed by atoms with E-state index in [4.69, 9.17) is 5.14 Å². The summed E-state index contributed by atoms with van der Waals surface area (Å²) in [6.45, 7) is 9.81. The van der Waals surface area contributed by atoms with Crippen molar-refractivity contribution in [1.29, 1.82) is 0 Å². The summed E-state index contributed by atoms with van der Waals surface area (Å²) in [5.74, 6) is -0.188. The average molecular weight is 291 g/mol. The third kappa shape index (κ3) is 4.64. The van der Waals surface area contributed by atoms with Crippen molar-refractivity contribution in [3.63, 3.8) is 0 Å². The smallest absolute Gasteiger partial charge is 0.215 e. The van der Waals surface area contributed by atoms with Crippen molar-refractivity contribution in [2.45, 2.75) is 45.4 Å². The molecule has 0 aliphatic heterocycles. The maximum Gasteiger partial charge on any atom is 0.215 e. The van der Waals surface area contributed by atoms with Crippen molar-refractivity contribution in [2.75, 3.05) is 6.54 Å². The molecule has 0 spiro atoms. The molecule has 0 aromatic carbocycles. The normalized spacial score (nSPS) is 12.9. The molecule has 0 aliphatic rings. The number of hydrogen-bond acceptors (Lipinski definition) is 5. The number of aromatic nitrogens is 1. The van der Waals surface area contributed by atoms with E-state index in [1.165, 1.54) is 11.3 Å². The Morgan fingerprint density at radius 3 is 2.44 bits per heavy atom. The van der Waals surface area contributed by atoms with Gasteiger partial charge in [0.1, 0.15) is 10.8 Å². The number of sulfonamides is 1. The van der Waals surface area contributed by atoms with E-state index in [-0.39, 0.29) is 11.2 Å². The predicted octanol–water partition coefficient (Wildman–Crippen LogP) is 1.34. The van der Waals surface area contributed by atoms with Gasteiger partial charge in [-0.05, 0) is 6.54 Å². The van der Waals surface area contributed by atoms with E-state index < -0.39 is 10.0 Å². The molecule has 0 radical (unpaired) electrons. The second-order valence-corrected chi connectivity index (χ2v) is 8.00. The van der Waals surface area contributed by atoms with Crippen LogP contribution in [-0.4, -0.2) is 19.9 Å². The van der Waals surface area contributed by atoms with Crippen molar-refractivity contribution in [1.82, 2.24) is 10.3 Å². The van der Waals surface area contributed by atoms with Crippen LogP contribution in [-0.2, 0) is 27.7 Å². The van der Waals surface area contributed by atoms with Crippen LogP contribution in [0.4, 0.5) is 0 Å². The van der Waals surface area contributed by atoms with Crippen molar-refractivity contribution >= 4 is 21.4 Å². The first-order chi connectivity index (χ1) is 8.13. The van der Waals surface area contributed by atoms with Gasteiger partial charge in [-0.25, -0.2) is 18.5 Å². The Balaban J connectivity index is 3.07. The zero-order valence-electron chi connectivity index (χ0n) is 11.3. The van der Waals surface area contributed by atoms with E-state index in [2.05, 4.69) is 31.1 Å². The monoisotopic (exact) mass is 291 g/mol. The number of thiazole rings is 1. The van der Waals surface area contributed by atoms with Gasteiger partial charge in [0.2, 0.25) is 10.0 Å². The highest BCUT2D eigenvalue weighted by Gasteiger charge is 2.24. The summed E-state index contributed by atoms with van der Waals surface area (Å²) in [6, 6.07) is 0. The molecular formula is C11H21N3O2S2. The third-order valence-corrected chi connectivity index (χ3v) is 4.23. The van der Waals surface area contributed by atoms with Crippen molar-refractivity contribution in [3.05, 3.63) is 15.6 Å². The topological polar surface area (TPSA) is 85.1 Å². The molecule has 0 saturated carbocycles. The molecule has 0 unspecified atom stereocenters. The molecule has 1 heterocycles. The summed E-state index contributed by atoms with van der Waals surface area (Å²) >= 11 is 1.42. The van der Waals surface area contributed by atoms with Crippen LogP contribution < -0.4 is 10.5 Å². The lowest BCUT2D eigenvalue weighted by Gasteiger charge is -2.17. The fourth-order valence-electron chi connectivity index (χ4n) is 1.58. The lowest BCUT2D eigenvalue weighted by atomic mass is 9.91. The fraction of sp³-hybridized carbons (Fsp3) is 0.727. The number of nitrogens with two attached hydrogens (primary N) is 1. The van der Waals surface area contributed by atoms with Crippen LogP contribution in [0.5, 0.6) is 0 Å². The summed E-state index contributed by atoms with van der Waals surface area (Å²) in [7, 11) is -3.52. The van der Waals surface area contributed by atoms with Crippen LogP contribution in [0.25, 0.3) is 0 Å².